The number of aliphatic hydroxyl groups is 1. The van der Waals surface area contributed by atoms with Crippen LogP contribution < -0.4 is 27.4 Å². The Labute approximate surface area is 197 Å². The Morgan fingerprint density at radius 3 is 2.03 bits per heavy atom. The van der Waals surface area contributed by atoms with Crippen molar-refractivity contribution in [2.24, 2.45) is 17.4 Å². The van der Waals surface area contributed by atoms with Gasteiger partial charge in [0.15, 0.2) is 0 Å². The number of carboxylic acid groups (broad SMARTS) is 1. The number of nitrogens with one attached hydrogen (secondary N) is 3. The first kappa shape index (κ1) is 28.5. The van der Waals surface area contributed by atoms with Crippen LogP contribution in [0.15, 0.2) is 30.3 Å². The molecule has 0 fully saturated rings. The lowest BCUT2D eigenvalue weighted by Crippen LogP contribution is -2.59. The number of carbonyl (C=O) groups is 5. The molecule has 0 saturated heterocycles. The van der Waals surface area contributed by atoms with Gasteiger partial charge in [0.2, 0.25) is 23.6 Å². The Balaban J connectivity index is 3.15. The highest BCUT2D eigenvalue weighted by atomic mass is 16.4. The van der Waals surface area contributed by atoms with E-state index in [0.717, 1.165) is 0 Å². The van der Waals surface area contributed by atoms with Crippen molar-refractivity contribution < 1.29 is 34.2 Å². The number of hydrogen-bond acceptors (Lipinski definition) is 7. The average molecular weight is 480 g/mol. The molecule has 1 aromatic rings. The molecule has 4 amide bonds. The number of carboxylic acids is 1. The second kappa shape index (κ2) is 13.9. The number of nitrogens with two attached hydrogens (primary N) is 2. The van der Waals surface area contributed by atoms with Crippen molar-refractivity contribution in [3.63, 3.8) is 0 Å². The maximum Gasteiger partial charge on any atom is 0.326 e. The molecule has 188 valence electrons. The summed E-state index contributed by atoms with van der Waals surface area (Å²) in [4.78, 5) is 60.8. The molecule has 0 aromatic heterocycles. The largest absolute Gasteiger partial charge is 0.480 e. The van der Waals surface area contributed by atoms with E-state index in [9.17, 15) is 29.1 Å². The van der Waals surface area contributed by atoms with E-state index in [1.54, 1.807) is 44.2 Å². The third-order valence-electron chi connectivity index (χ3n) is 5.26. The number of carbonyl (C=O) groups excluding carboxylic acids is 4. The second-order valence-corrected chi connectivity index (χ2v) is 7.98. The van der Waals surface area contributed by atoms with Crippen molar-refractivity contribution in [1.82, 2.24) is 16.0 Å². The van der Waals surface area contributed by atoms with E-state index in [4.69, 9.17) is 16.6 Å². The van der Waals surface area contributed by atoms with E-state index in [2.05, 4.69) is 16.0 Å². The number of aliphatic carboxylic acids is 1. The summed E-state index contributed by atoms with van der Waals surface area (Å²) >= 11 is 0. The molecule has 1 rings (SSSR count). The smallest absolute Gasteiger partial charge is 0.326 e. The molecule has 34 heavy (non-hydrogen) atoms. The Kier molecular flexibility index (Phi) is 11.7. The van der Waals surface area contributed by atoms with Gasteiger partial charge in [0.05, 0.1) is 13.0 Å². The molecule has 12 nitrogen and oxygen atoms in total. The van der Waals surface area contributed by atoms with Crippen LogP contribution in [0.5, 0.6) is 0 Å². The summed E-state index contributed by atoms with van der Waals surface area (Å²) in [6, 6.07) is 3.58. The van der Waals surface area contributed by atoms with Gasteiger partial charge in [-0.2, -0.15) is 0 Å². The molecule has 0 radical (unpaired) electrons. The lowest BCUT2D eigenvalue weighted by atomic mass is 9.96. The zero-order valence-electron chi connectivity index (χ0n) is 19.2. The van der Waals surface area contributed by atoms with Crippen LogP contribution in [0.4, 0.5) is 0 Å². The normalized spacial score (nSPS) is 15.2. The fraction of sp³-hybridized carbons (Fsp3) is 0.500. The van der Waals surface area contributed by atoms with Gasteiger partial charge in [0.1, 0.15) is 24.2 Å². The molecular formula is C22H33N5O7. The van der Waals surface area contributed by atoms with E-state index < -0.39 is 66.8 Å². The molecule has 1 aromatic carbocycles. The maximum atomic E-state index is 13.1. The first-order chi connectivity index (χ1) is 16.0. The highest BCUT2D eigenvalue weighted by Gasteiger charge is 2.32. The average Bonchev–Trinajstić information content (AvgIpc) is 2.80. The predicted octanol–water partition coefficient (Wildman–Crippen LogP) is -1.99. The lowest BCUT2D eigenvalue weighted by molar-refractivity contribution is -0.143. The molecule has 0 aliphatic carbocycles. The van der Waals surface area contributed by atoms with Gasteiger partial charge < -0.3 is 37.6 Å². The fourth-order valence-electron chi connectivity index (χ4n) is 3.04. The molecule has 0 aliphatic heterocycles. The summed E-state index contributed by atoms with van der Waals surface area (Å²) in [5, 5.41) is 25.7. The minimum Gasteiger partial charge on any atom is -0.480 e. The van der Waals surface area contributed by atoms with Gasteiger partial charge in [-0.25, -0.2) is 4.79 Å². The summed E-state index contributed by atoms with van der Waals surface area (Å²) in [6.07, 6.45) is -0.113. The van der Waals surface area contributed by atoms with Gasteiger partial charge in [-0.3, -0.25) is 19.2 Å². The van der Waals surface area contributed by atoms with E-state index >= 15 is 0 Å². The van der Waals surface area contributed by atoms with Crippen LogP contribution in [-0.2, 0) is 30.4 Å². The first-order valence-corrected chi connectivity index (χ1v) is 10.8. The van der Waals surface area contributed by atoms with E-state index in [1.807, 2.05) is 0 Å². The van der Waals surface area contributed by atoms with Crippen LogP contribution in [0.25, 0.3) is 0 Å². The summed E-state index contributed by atoms with van der Waals surface area (Å²) in [6.45, 7) is 2.91. The summed E-state index contributed by atoms with van der Waals surface area (Å²) in [5.74, 6) is -5.00. The maximum absolute atomic E-state index is 13.1. The molecule has 12 heteroatoms. The number of amides is 4. The minimum atomic E-state index is -1.58. The fourth-order valence-corrected chi connectivity index (χ4v) is 3.04. The predicted molar refractivity (Wildman–Crippen MR) is 122 cm³/mol. The Morgan fingerprint density at radius 2 is 1.53 bits per heavy atom. The van der Waals surface area contributed by atoms with Crippen LogP contribution in [0.1, 0.15) is 32.3 Å². The van der Waals surface area contributed by atoms with Crippen molar-refractivity contribution in [2.45, 2.75) is 57.3 Å². The van der Waals surface area contributed by atoms with Crippen molar-refractivity contribution in [2.75, 3.05) is 6.61 Å². The highest BCUT2D eigenvalue weighted by molar-refractivity contribution is 5.95. The van der Waals surface area contributed by atoms with Gasteiger partial charge in [-0.05, 0) is 11.5 Å². The zero-order chi connectivity index (χ0) is 25.8. The molecule has 0 heterocycles. The van der Waals surface area contributed by atoms with Gasteiger partial charge in [0, 0.05) is 6.42 Å². The number of aliphatic hydroxyl groups excluding tert-OH is 1. The molecule has 0 bridgehead atoms. The molecule has 0 aliphatic rings. The van der Waals surface area contributed by atoms with Gasteiger partial charge >= 0.3 is 5.97 Å². The van der Waals surface area contributed by atoms with Crippen LogP contribution in [-0.4, -0.2) is 70.6 Å². The number of primary amides is 1. The van der Waals surface area contributed by atoms with Crippen LogP contribution in [0, 0.1) is 5.92 Å². The Hall–Kier alpha value is -3.51. The molecule has 5 atom stereocenters. The topological polar surface area (TPSA) is 214 Å². The Bertz CT molecular complexity index is 864. The quantitative estimate of drug-likeness (QED) is 0.158. The third kappa shape index (κ3) is 9.16. The zero-order valence-corrected chi connectivity index (χ0v) is 19.2. The molecule has 5 unspecified atom stereocenters. The van der Waals surface area contributed by atoms with E-state index in [-0.39, 0.29) is 12.3 Å². The van der Waals surface area contributed by atoms with E-state index in [1.165, 1.54) is 0 Å². The summed E-state index contributed by atoms with van der Waals surface area (Å²) in [7, 11) is 0. The second-order valence-electron chi connectivity index (χ2n) is 7.98. The molecule has 0 spiro atoms. The minimum absolute atomic E-state index is 0.0125. The Morgan fingerprint density at radius 1 is 0.941 bits per heavy atom. The lowest BCUT2D eigenvalue weighted by Gasteiger charge is -2.27. The molecule has 9 N–H and O–H groups in total. The van der Waals surface area contributed by atoms with Crippen LogP contribution in [0.3, 0.4) is 0 Å². The number of hydrogen-bond donors (Lipinski definition) is 7. The van der Waals surface area contributed by atoms with Crippen LogP contribution >= 0.6 is 0 Å². The number of benzene rings is 1. The monoisotopic (exact) mass is 479 g/mol. The van der Waals surface area contributed by atoms with Crippen molar-refractivity contribution in [3.05, 3.63) is 35.9 Å². The first-order valence-electron chi connectivity index (χ1n) is 10.8. The van der Waals surface area contributed by atoms with E-state index in [0.29, 0.717) is 12.0 Å². The number of rotatable bonds is 14. The van der Waals surface area contributed by atoms with Crippen LogP contribution in [0.2, 0.25) is 0 Å². The van der Waals surface area contributed by atoms with Gasteiger partial charge in [-0.15, -0.1) is 0 Å². The SMILES string of the molecule is CCC(C)C(NC(=O)C(N)CO)C(=O)NC(Cc1ccccc1)C(=O)NC(CC(N)=O)C(=O)O. The van der Waals surface area contributed by atoms with Gasteiger partial charge in [-0.1, -0.05) is 50.6 Å². The molecular weight excluding hydrogens is 446 g/mol. The highest BCUT2D eigenvalue weighted by Crippen LogP contribution is 2.11. The third-order valence-corrected chi connectivity index (χ3v) is 5.26. The molecule has 0 saturated carbocycles. The van der Waals surface area contributed by atoms with Crippen molar-refractivity contribution in [1.29, 1.82) is 0 Å². The van der Waals surface area contributed by atoms with Crippen molar-refractivity contribution in [3.8, 4) is 0 Å². The summed E-state index contributed by atoms with van der Waals surface area (Å²) in [5.41, 5.74) is 11.3. The summed E-state index contributed by atoms with van der Waals surface area (Å²) < 4.78 is 0. The standard InChI is InChI=1S/C22H33N5O7/c1-3-12(2)18(27-19(30)14(23)11-28)21(32)25-15(9-13-7-5-4-6-8-13)20(31)26-16(22(33)34)10-17(24)29/h4-8,12,14-16,18,28H,3,9-11,23H2,1-2H3,(H2,24,29)(H,25,32)(H,26,31)(H,27,30)(H,33,34). The van der Waals surface area contributed by atoms with Gasteiger partial charge in [0.25, 0.3) is 0 Å². The van der Waals surface area contributed by atoms with Crippen molar-refractivity contribution >= 4 is 29.6 Å².